The Bertz CT molecular complexity index is 394. The predicted molar refractivity (Wildman–Crippen MR) is 78.6 cm³/mol. The molecule has 0 aliphatic heterocycles. The lowest BCUT2D eigenvalue weighted by molar-refractivity contribution is 0.275. The highest BCUT2D eigenvalue weighted by Gasteiger charge is 2.17. The Labute approximate surface area is 116 Å². The highest BCUT2D eigenvalue weighted by atomic mass is 19.1. The molecule has 0 unspecified atom stereocenters. The summed E-state index contributed by atoms with van der Waals surface area (Å²) in [6.45, 7) is 6.12. The molecule has 106 valence electrons. The van der Waals surface area contributed by atoms with E-state index >= 15 is 0 Å². The largest absolute Gasteiger partial charge is 0.313 e. The summed E-state index contributed by atoms with van der Waals surface area (Å²) in [5, 5.41) is 3.48. The molecular formula is C17H26FN. The van der Waals surface area contributed by atoms with Crippen LogP contribution in [0.5, 0.6) is 0 Å². The molecule has 1 N–H and O–H groups in total. The maximum Gasteiger partial charge on any atom is 0.126 e. The molecule has 1 aromatic rings. The van der Waals surface area contributed by atoms with E-state index in [0.29, 0.717) is 0 Å². The van der Waals surface area contributed by atoms with E-state index in [1.165, 1.54) is 37.7 Å². The Hall–Kier alpha value is -0.890. The van der Waals surface area contributed by atoms with Gasteiger partial charge in [0.15, 0.2) is 0 Å². The van der Waals surface area contributed by atoms with Crippen molar-refractivity contribution in [1.82, 2.24) is 5.32 Å². The Balaban J connectivity index is 1.65. The highest BCUT2D eigenvalue weighted by molar-refractivity contribution is 5.23. The molecule has 19 heavy (non-hydrogen) atoms. The smallest absolute Gasteiger partial charge is 0.126 e. The molecule has 1 aliphatic carbocycles. The third-order valence-electron chi connectivity index (χ3n) is 4.42. The number of benzene rings is 1. The fourth-order valence-corrected chi connectivity index (χ4v) is 2.97. The quantitative estimate of drug-likeness (QED) is 0.774. The van der Waals surface area contributed by atoms with Crippen molar-refractivity contribution >= 4 is 0 Å². The average Bonchev–Trinajstić information content (AvgIpc) is 2.41. The lowest BCUT2D eigenvalue weighted by Crippen LogP contribution is -2.20. The van der Waals surface area contributed by atoms with Gasteiger partial charge in [-0.05, 0) is 48.9 Å². The van der Waals surface area contributed by atoms with E-state index in [9.17, 15) is 4.39 Å². The van der Waals surface area contributed by atoms with Gasteiger partial charge in [-0.1, -0.05) is 44.7 Å². The number of hydrogen-bond acceptors (Lipinski definition) is 1. The fourth-order valence-electron chi connectivity index (χ4n) is 2.97. The van der Waals surface area contributed by atoms with Crippen LogP contribution < -0.4 is 5.32 Å². The molecule has 0 radical (unpaired) electrons. The molecule has 0 amide bonds. The van der Waals surface area contributed by atoms with Gasteiger partial charge in [0, 0.05) is 6.54 Å². The normalized spacial score (nSPS) is 23.5. The van der Waals surface area contributed by atoms with Crippen LogP contribution in [0.1, 0.15) is 50.2 Å². The molecule has 1 fully saturated rings. The Kier molecular flexibility index (Phi) is 5.38. The van der Waals surface area contributed by atoms with Crippen LogP contribution in [0.15, 0.2) is 18.2 Å². The Morgan fingerprint density at radius 3 is 2.63 bits per heavy atom. The lowest BCUT2D eigenvalue weighted by Gasteiger charge is -2.26. The Morgan fingerprint density at radius 2 is 1.95 bits per heavy atom. The van der Waals surface area contributed by atoms with Gasteiger partial charge in [-0.15, -0.1) is 0 Å². The SMILES string of the molecule is Cc1cc(CNCCC2CCC(C)CC2)ccc1F. The van der Waals surface area contributed by atoms with E-state index in [2.05, 4.69) is 12.2 Å². The summed E-state index contributed by atoms with van der Waals surface area (Å²) in [6.07, 6.45) is 6.90. The fraction of sp³-hybridized carbons (Fsp3) is 0.647. The predicted octanol–water partition coefficient (Wildman–Crippen LogP) is 4.44. The van der Waals surface area contributed by atoms with Gasteiger partial charge in [-0.3, -0.25) is 0 Å². The summed E-state index contributed by atoms with van der Waals surface area (Å²) in [6, 6.07) is 5.37. The van der Waals surface area contributed by atoms with Gasteiger partial charge in [0.1, 0.15) is 5.82 Å². The van der Waals surface area contributed by atoms with Crippen LogP contribution in [0.2, 0.25) is 0 Å². The third-order valence-corrected chi connectivity index (χ3v) is 4.42. The van der Waals surface area contributed by atoms with Crippen molar-refractivity contribution in [1.29, 1.82) is 0 Å². The number of halogens is 1. The van der Waals surface area contributed by atoms with Crippen molar-refractivity contribution in [3.05, 3.63) is 35.1 Å². The van der Waals surface area contributed by atoms with Crippen LogP contribution in [0, 0.1) is 24.6 Å². The molecule has 0 aromatic heterocycles. The minimum Gasteiger partial charge on any atom is -0.313 e. The van der Waals surface area contributed by atoms with Crippen LogP contribution in [-0.4, -0.2) is 6.54 Å². The van der Waals surface area contributed by atoms with Gasteiger partial charge in [0.05, 0.1) is 0 Å². The van der Waals surface area contributed by atoms with E-state index in [0.717, 1.165) is 30.5 Å². The van der Waals surface area contributed by atoms with Gasteiger partial charge >= 0.3 is 0 Å². The molecule has 2 heteroatoms. The molecule has 0 saturated heterocycles. The zero-order chi connectivity index (χ0) is 13.7. The molecule has 2 rings (SSSR count). The van der Waals surface area contributed by atoms with Crippen LogP contribution in [-0.2, 0) is 6.54 Å². The maximum absolute atomic E-state index is 13.1. The summed E-state index contributed by atoms with van der Waals surface area (Å²) in [7, 11) is 0. The summed E-state index contributed by atoms with van der Waals surface area (Å²) >= 11 is 0. The first-order valence-corrected chi connectivity index (χ1v) is 7.61. The summed E-state index contributed by atoms with van der Waals surface area (Å²) in [5.74, 6) is 1.74. The average molecular weight is 263 g/mol. The van der Waals surface area contributed by atoms with E-state index in [1.54, 1.807) is 6.07 Å². The molecule has 0 spiro atoms. The van der Waals surface area contributed by atoms with Crippen LogP contribution in [0.25, 0.3) is 0 Å². The maximum atomic E-state index is 13.1. The number of nitrogens with one attached hydrogen (secondary N) is 1. The number of rotatable bonds is 5. The van der Waals surface area contributed by atoms with Crippen molar-refractivity contribution < 1.29 is 4.39 Å². The van der Waals surface area contributed by atoms with Crippen LogP contribution in [0.3, 0.4) is 0 Å². The van der Waals surface area contributed by atoms with E-state index in [1.807, 2.05) is 19.1 Å². The van der Waals surface area contributed by atoms with E-state index in [-0.39, 0.29) is 5.82 Å². The molecule has 1 aliphatic rings. The Morgan fingerprint density at radius 1 is 1.21 bits per heavy atom. The first-order chi connectivity index (χ1) is 9.15. The van der Waals surface area contributed by atoms with Gasteiger partial charge < -0.3 is 5.32 Å². The lowest BCUT2D eigenvalue weighted by atomic mass is 9.81. The molecule has 0 heterocycles. The molecule has 1 saturated carbocycles. The summed E-state index contributed by atoms with van der Waals surface area (Å²) < 4.78 is 13.1. The monoisotopic (exact) mass is 263 g/mol. The van der Waals surface area contributed by atoms with Crippen molar-refractivity contribution in [2.24, 2.45) is 11.8 Å². The van der Waals surface area contributed by atoms with E-state index < -0.39 is 0 Å². The number of hydrogen-bond donors (Lipinski definition) is 1. The summed E-state index contributed by atoms with van der Waals surface area (Å²) in [5.41, 5.74) is 1.91. The third kappa shape index (κ3) is 4.61. The topological polar surface area (TPSA) is 12.0 Å². The molecular weight excluding hydrogens is 237 g/mol. The molecule has 0 atom stereocenters. The van der Waals surface area contributed by atoms with Crippen LogP contribution in [0.4, 0.5) is 4.39 Å². The standard InChI is InChI=1S/C17H26FN/c1-13-3-5-15(6-4-13)9-10-19-12-16-7-8-17(18)14(2)11-16/h7-8,11,13,15,19H,3-6,9-10,12H2,1-2H3. The van der Waals surface area contributed by atoms with Crippen molar-refractivity contribution in [3.8, 4) is 0 Å². The zero-order valence-electron chi connectivity index (χ0n) is 12.2. The van der Waals surface area contributed by atoms with Gasteiger partial charge in [-0.25, -0.2) is 4.39 Å². The van der Waals surface area contributed by atoms with Gasteiger partial charge in [0.25, 0.3) is 0 Å². The van der Waals surface area contributed by atoms with Crippen molar-refractivity contribution in [2.75, 3.05) is 6.54 Å². The second kappa shape index (κ2) is 7.04. The summed E-state index contributed by atoms with van der Waals surface area (Å²) in [4.78, 5) is 0. The second-order valence-electron chi connectivity index (χ2n) is 6.17. The van der Waals surface area contributed by atoms with E-state index in [4.69, 9.17) is 0 Å². The van der Waals surface area contributed by atoms with Crippen molar-refractivity contribution in [3.63, 3.8) is 0 Å². The zero-order valence-corrected chi connectivity index (χ0v) is 12.2. The molecule has 1 nitrogen and oxygen atoms in total. The first-order valence-electron chi connectivity index (χ1n) is 7.61. The van der Waals surface area contributed by atoms with Gasteiger partial charge in [0.2, 0.25) is 0 Å². The molecule has 0 bridgehead atoms. The minimum absolute atomic E-state index is 0.111. The van der Waals surface area contributed by atoms with Crippen LogP contribution >= 0.6 is 0 Å². The highest BCUT2D eigenvalue weighted by Crippen LogP contribution is 2.29. The first kappa shape index (κ1) is 14.5. The van der Waals surface area contributed by atoms with Gasteiger partial charge in [-0.2, -0.15) is 0 Å². The number of aryl methyl sites for hydroxylation is 1. The van der Waals surface area contributed by atoms with Crippen molar-refractivity contribution in [2.45, 2.75) is 52.5 Å². The molecule has 1 aromatic carbocycles. The minimum atomic E-state index is -0.111. The second-order valence-corrected chi connectivity index (χ2v) is 6.17.